The fourth-order valence-corrected chi connectivity index (χ4v) is 10.6. The quantitative estimate of drug-likeness (QED) is 0.0323. The summed E-state index contributed by atoms with van der Waals surface area (Å²) < 4.78 is 17.5. The first-order valence-corrected chi connectivity index (χ1v) is 29.1. The number of ether oxygens (including phenoxy) is 3. The second-order valence-corrected chi connectivity index (χ2v) is 19.7. The Morgan fingerprint density at radius 1 is 0.295 bits per heavy atom. The molecule has 6 aromatic carbocycles. The molecule has 0 saturated heterocycles. The van der Waals surface area contributed by atoms with E-state index in [1.165, 1.54) is 0 Å². The van der Waals surface area contributed by atoms with E-state index in [0.717, 1.165) is 131 Å². The van der Waals surface area contributed by atoms with Crippen LogP contribution in [0, 0.1) is 0 Å². The zero-order valence-electron chi connectivity index (χ0n) is 48.8. The van der Waals surface area contributed by atoms with E-state index in [4.69, 9.17) is 14.2 Å². The molecule has 0 aliphatic rings. The first-order valence-electron chi connectivity index (χ1n) is 29.1. The predicted molar refractivity (Wildman–Crippen MR) is 322 cm³/mol. The van der Waals surface area contributed by atoms with Gasteiger partial charge in [0.1, 0.15) is 36.1 Å². The van der Waals surface area contributed by atoms with Gasteiger partial charge in [0.2, 0.25) is 0 Å². The molecule has 0 N–H and O–H groups in total. The van der Waals surface area contributed by atoms with Crippen LogP contribution in [0.5, 0.6) is 0 Å². The Balaban J connectivity index is 0.000000252. The van der Waals surface area contributed by atoms with Crippen LogP contribution in [0.25, 0.3) is 0 Å². The number of esters is 3. The van der Waals surface area contributed by atoms with Crippen molar-refractivity contribution in [3.05, 3.63) is 215 Å². The summed E-state index contributed by atoms with van der Waals surface area (Å²) >= 11 is 0. The van der Waals surface area contributed by atoms with Crippen molar-refractivity contribution < 1.29 is 28.6 Å². The van der Waals surface area contributed by atoms with Crippen LogP contribution >= 0.6 is 0 Å². The molecule has 0 fully saturated rings. The molecule has 0 spiro atoms. The minimum atomic E-state index is -0.749. The minimum Gasteiger partial charge on any atom is -0.463 e. The fraction of sp³-hybridized carbons (Fsp3) is 0.435. The number of rotatable bonds is 30. The van der Waals surface area contributed by atoms with E-state index in [1.54, 1.807) is 0 Å². The molecule has 420 valence electrons. The molecular weight excluding hydrogens is 967 g/mol. The van der Waals surface area contributed by atoms with Crippen LogP contribution in [-0.2, 0) is 44.8 Å². The van der Waals surface area contributed by atoms with E-state index >= 15 is 0 Å². The van der Waals surface area contributed by atoms with Crippen molar-refractivity contribution in [1.29, 1.82) is 0 Å². The van der Waals surface area contributed by atoms with Gasteiger partial charge in [-0.05, 0) is 91.9 Å². The summed E-state index contributed by atoms with van der Waals surface area (Å²) in [6, 6.07) is 60.2. The third kappa shape index (κ3) is 17.3. The Bertz CT molecular complexity index is 2120. The van der Waals surface area contributed by atoms with Crippen LogP contribution in [0.2, 0.25) is 0 Å². The van der Waals surface area contributed by atoms with Crippen molar-refractivity contribution in [3.8, 4) is 0 Å². The number of carbonyl (C=O) groups is 3. The molecule has 0 heterocycles. The van der Waals surface area contributed by atoms with Gasteiger partial charge >= 0.3 is 17.9 Å². The summed E-state index contributed by atoms with van der Waals surface area (Å²) in [5.74, 6) is -0.447. The first-order chi connectivity index (χ1) is 38.1. The monoisotopic (exact) mass is 1060 g/mol. The van der Waals surface area contributed by atoms with E-state index in [-0.39, 0.29) is 17.9 Å². The van der Waals surface area contributed by atoms with Crippen LogP contribution in [0.15, 0.2) is 182 Å². The van der Waals surface area contributed by atoms with Crippen molar-refractivity contribution in [1.82, 2.24) is 14.7 Å². The largest absolute Gasteiger partial charge is 0.463 e. The molecule has 6 rings (SSSR count). The normalized spacial score (nSPS) is 11.5. The lowest BCUT2D eigenvalue weighted by molar-refractivity contribution is -0.150. The van der Waals surface area contributed by atoms with Gasteiger partial charge in [-0.1, -0.05) is 264 Å². The van der Waals surface area contributed by atoms with Gasteiger partial charge in [-0.15, -0.1) is 0 Å². The standard InChI is InChI=1S/3C23H31NO2/c3*1-4-17-23(20-13-9-7-10-14-20,21-15-11-8-12-16-21)22(25)26-19-18-24(5-2)6-3/h3*7-16H,4-6,17-19H2,1-3H3. The maximum atomic E-state index is 13.4. The number of benzene rings is 6. The molecule has 78 heavy (non-hydrogen) atoms. The van der Waals surface area contributed by atoms with E-state index in [2.05, 4.69) is 77.0 Å². The topological polar surface area (TPSA) is 88.6 Å². The third-order valence-corrected chi connectivity index (χ3v) is 15.1. The number of hydrogen-bond acceptors (Lipinski definition) is 9. The average Bonchev–Trinajstić information content (AvgIpc) is 3.67. The van der Waals surface area contributed by atoms with Crippen LogP contribution < -0.4 is 0 Å². The number of likely N-dealkylation sites (N-methyl/N-ethyl adjacent to an activating group) is 3. The van der Waals surface area contributed by atoms with Gasteiger partial charge < -0.3 is 28.9 Å². The Morgan fingerprint density at radius 3 is 0.603 bits per heavy atom. The number of carbonyl (C=O) groups excluding carboxylic acids is 3. The van der Waals surface area contributed by atoms with Crippen LogP contribution in [0.3, 0.4) is 0 Å². The Hall–Kier alpha value is -6.39. The molecule has 0 unspecified atom stereocenters. The highest BCUT2D eigenvalue weighted by molar-refractivity contribution is 5.89. The molecule has 0 atom stereocenters. The lowest BCUT2D eigenvalue weighted by atomic mass is 9.71. The van der Waals surface area contributed by atoms with Crippen molar-refractivity contribution in [2.24, 2.45) is 0 Å². The molecule has 0 saturated carbocycles. The van der Waals surface area contributed by atoms with Crippen LogP contribution in [-0.4, -0.2) is 111 Å². The van der Waals surface area contributed by atoms with E-state index < -0.39 is 16.2 Å². The Labute approximate surface area is 470 Å². The Kier molecular flexibility index (Phi) is 28.9. The highest BCUT2D eigenvalue weighted by Crippen LogP contribution is 2.41. The first kappa shape index (κ1) is 64.1. The zero-order valence-corrected chi connectivity index (χ0v) is 48.8. The molecule has 9 nitrogen and oxygen atoms in total. The summed E-state index contributed by atoms with van der Waals surface area (Å²) in [6.45, 7) is 28.5. The number of hydrogen-bond donors (Lipinski definition) is 0. The van der Waals surface area contributed by atoms with E-state index in [9.17, 15) is 14.4 Å². The second kappa shape index (κ2) is 35.2. The van der Waals surface area contributed by atoms with Crippen LogP contribution in [0.1, 0.15) is 134 Å². The number of nitrogens with zero attached hydrogens (tertiary/aromatic N) is 3. The SMILES string of the molecule is CCCC(C(=O)OCCN(CC)CC)(c1ccccc1)c1ccccc1.CCCC(C(=O)OCCN(CC)CC)(c1ccccc1)c1ccccc1.CCCC(C(=O)OCCN(CC)CC)(c1ccccc1)c1ccccc1. The van der Waals surface area contributed by atoms with Gasteiger partial charge in [0.15, 0.2) is 0 Å². The van der Waals surface area contributed by atoms with Crippen molar-refractivity contribution in [3.63, 3.8) is 0 Å². The van der Waals surface area contributed by atoms with Gasteiger partial charge in [-0.3, -0.25) is 14.4 Å². The lowest BCUT2D eigenvalue weighted by Gasteiger charge is -2.33. The van der Waals surface area contributed by atoms with Gasteiger partial charge in [-0.2, -0.15) is 0 Å². The maximum Gasteiger partial charge on any atom is 0.321 e. The fourth-order valence-electron chi connectivity index (χ4n) is 10.6. The highest BCUT2D eigenvalue weighted by atomic mass is 16.5. The zero-order chi connectivity index (χ0) is 56.5. The summed E-state index contributed by atoms with van der Waals surface area (Å²) in [7, 11) is 0. The molecule has 0 bridgehead atoms. The smallest absolute Gasteiger partial charge is 0.321 e. The summed E-state index contributed by atoms with van der Waals surface area (Å²) in [5, 5.41) is 0. The summed E-state index contributed by atoms with van der Waals surface area (Å²) in [6.07, 6.45) is 4.88. The minimum absolute atomic E-state index is 0.149. The summed E-state index contributed by atoms with van der Waals surface area (Å²) in [5.41, 5.74) is 3.76. The highest BCUT2D eigenvalue weighted by Gasteiger charge is 2.45. The second-order valence-electron chi connectivity index (χ2n) is 19.7. The van der Waals surface area contributed by atoms with Crippen LogP contribution in [0.4, 0.5) is 0 Å². The molecule has 9 heteroatoms. The Morgan fingerprint density at radius 2 is 0.462 bits per heavy atom. The van der Waals surface area contributed by atoms with Gasteiger partial charge in [-0.25, -0.2) is 0 Å². The van der Waals surface area contributed by atoms with E-state index in [1.807, 2.05) is 182 Å². The molecule has 0 aliphatic heterocycles. The third-order valence-electron chi connectivity index (χ3n) is 15.1. The van der Waals surface area contributed by atoms with Gasteiger partial charge in [0.05, 0.1) is 0 Å². The van der Waals surface area contributed by atoms with E-state index in [0.29, 0.717) is 19.8 Å². The van der Waals surface area contributed by atoms with Gasteiger partial charge in [0, 0.05) is 19.6 Å². The summed E-state index contributed by atoms with van der Waals surface area (Å²) in [4.78, 5) is 46.9. The van der Waals surface area contributed by atoms with Crippen molar-refractivity contribution >= 4 is 17.9 Å². The molecular formula is C69H93N3O6. The van der Waals surface area contributed by atoms with Gasteiger partial charge in [0.25, 0.3) is 0 Å². The van der Waals surface area contributed by atoms with Crippen molar-refractivity contribution in [2.45, 2.75) is 117 Å². The molecule has 6 aromatic rings. The molecule has 0 aliphatic carbocycles. The molecule has 0 amide bonds. The predicted octanol–water partition coefficient (Wildman–Crippen LogP) is 14.0. The van der Waals surface area contributed by atoms with Crippen molar-refractivity contribution in [2.75, 3.05) is 78.7 Å². The lowest BCUT2D eigenvalue weighted by Crippen LogP contribution is -2.40. The molecule has 0 aromatic heterocycles. The molecule has 0 radical (unpaired) electrons. The average molecular weight is 1060 g/mol. The maximum absolute atomic E-state index is 13.4.